The Hall–Kier alpha value is -1.58. The van der Waals surface area contributed by atoms with Gasteiger partial charge in [0.1, 0.15) is 17.8 Å². The van der Waals surface area contributed by atoms with Crippen LogP contribution < -0.4 is 11.2 Å². The van der Waals surface area contributed by atoms with Crippen LogP contribution in [-0.4, -0.2) is 68.4 Å². The van der Waals surface area contributed by atoms with Gasteiger partial charge in [-0.15, -0.1) is 0 Å². The zero-order valence-corrected chi connectivity index (χ0v) is 15.6. The first-order valence-electron chi connectivity index (χ1n) is 7.13. The molecule has 0 aliphatic carbocycles. The topological polar surface area (TPSA) is 171 Å². The van der Waals surface area contributed by atoms with Crippen molar-refractivity contribution in [1.82, 2.24) is 9.55 Å². The van der Waals surface area contributed by atoms with Gasteiger partial charge in [0.15, 0.2) is 6.23 Å². The molecule has 1 aromatic heterocycles. The maximum atomic E-state index is 12.0. The number of aromatic amines is 1. The summed E-state index contributed by atoms with van der Waals surface area (Å²) in [4.78, 5) is 25.1. The van der Waals surface area contributed by atoms with Crippen molar-refractivity contribution < 1.29 is 35.0 Å². The monoisotopic (exact) mass is 414 g/mol. The second-order valence-corrected chi connectivity index (χ2v) is 9.22. The van der Waals surface area contributed by atoms with E-state index in [1.54, 1.807) is 0 Å². The van der Waals surface area contributed by atoms with Crippen LogP contribution in [0.2, 0.25) is 0 Å². The minimum atomic E-state index is -4.08. The summed E-state index contributed by atoms with van der Waals surface area (Å²) in [6.07, 6.45) is -1.86. The Morgan fingerprint density at radius 2 is 1.88 bits per heavy atom. The molecule has 1 aliphatic heterocycles. The molecule has 0 radical (unpaired) electrons. The molecule has 14 heteroatoms. The van der Waals surface area contributed by atoms with E-state index >= 15 is 0 Å². The Morgan fingerprint density at radius 3 is 2.38 bits per heavy atom. The third-order valence-corrected chi connectivity index (χ3v) is 4.67. The minimum absolute atomic E-state index is 0.663. The molecule has 0 amide bonds. The number of nitrogens with one attached hydrogen (secondary N) is 1. The first-order chi connectivity index (χ1) is 11.7. The van der Waals surface area contributed by atoms with Crippen LogP contribution in [0, 0.1) is 0 Å². The second-order valence-electron chi connectivity index (χ2n) is 5.98. The van der Waals surface area contributed by atoms with Crippen LogP contribution in [0.1, 0.15) is 13.2 Å². The fourth-order valence-corrected chi connectivity index (χ4v) is 3.59. The van der Waals surface area contributed by atoms with E-state index in [0.29, 0.717) is 0 Å². The summed E-state index contributed by atoms with van der Waals surface area (Å²) in [6, 6.07) is 0.994. The predicted molar refractivity (Wildman–Crippen MR) is 86.4 cm³/mol. The van der Waals surface area contributed by atoms with Crippen molar-refractivity contribution >= 4 is 20.2 Å². The van der Waals surface area contributed by atoms with Crippen molar-refractivity contribution in [2.24, 2.45) is 0 Å². The summed E-state index contributed by atoms with van der Waals surface area (Å²) in [5.41, 5.74) is -3.70. The Kier molecular flexibility index (Phi) is 5.47. The number of H-pyrrole nitrogens is 1. The summed E-state index contributed by atoms with van der Waals surface area (Å²) in [5, 5.41) is 10.8. The van der Waals surface area contributed by atoms with Crippen molar-refractivity contribution in [2.75, 3.05) is 19.1 Å². The first-order valence-corrected chi connectivity index (χ1v) is 10.8. The molecule has 26 heavy (non-hydrogen) atoms. The van der Waals surface area contributed by atoms with Crippen LogP contribution in [0.4, 0.5) is 0 Å². The van der Waals surface area contributed by atoms with E-state index in [1.165, 1.54) is 0 Å². The average molecular weight is 414 g/mol. The van der Waals surface area contributed by atoms with Crippen molar-refractivity contribution in [3.05, 3.63) is 33.1 Å². The van der Waals surface area contributed by atoms with Crippen LogP contribution in [0.25, 0.3) is 0 Å². The summed E-state index contributed by atoms with van der Waals surface area (Å²) < 4.78 is 61.1. The number of aromatic nitrogens is 2. The molecule has 1 aromatic rings. The molecule has 1 fully saturated rings. The lowest BCUT2D eigenvalue weighted by Gasteiger charge is -2.29. The SMILES string of the molecule is CC1(O)C(OS(C)(=O)=O)C(COS(C)(=O)=O)OC1n1ccc(=O)[nH]c1=O. The number of hydrogen-bond donors (Lipinski definition) is 2. The predicted octanol–water partition coefficient (Wildman–Crippen LogP) is -2.49. The molecular formula is C12H18N2O10S2. The Labute approximate surface area is 148 Å². The highest BCUT2D eigenvalue weighted by molar-refractivity contribution is 7.86. The van der Waals surface area contributed by atoms with E-state index in [0.717, 1.165) is 36.3 Å². The molecule has 4 atom stereocenters. The number of ether oxygens (including phenoxy) is 1. The lowest BCUT2D eigenvalue weighted by molar-refractivity contribution is -0.0952. The van der Waals surface area contributed by atoms with Gasteiger partial charge in [-0.3, -0.25) is 22.7 Å². The molecule has 2 heterocycles. The van der Waals surface area contributed by atoms with E-state index < -0.39 is 62.1 Å². The van der Waals surface area contributed by atoms with Gasteiger partial charge in [0.25, 0.3) is 25.8 Å². The third-order valence-electron chi connectivity index (χ3n) is 3.55. The Bertz CT molecular complexity index is 991. The smallest absolute Gasteiger partial charge is 0.330 e. The summed E-state index contributed by atoms with van der Waals surface area (Å²) in [7, 11) is -7.97. The third kappa shape index (κ3) is 4.77. The van der Waals surface area contributed by atoms with Gasteiger partial charge in [0, 0.05) is 12.3 Å². The molecule has 0 bridgehead atoms. The van der Waals surface area contributed by atoms with E-state index in [4.69, 9.17) is 8.92 Å². The fraction of sp³-hybridized carbons (Fsp3) is 0.667. The van der Waals surface area contributed by atoms with Crippen molar-refractivity contribution in [2.45, 2.75) is 31.0 Å². The molecule has 0 aromatic carbocycles. The quantitative estimate of drug-likeness (QED) is 0.474. The van der Waals surface area contributed by atoms with Gasteiger partial charge in [0.05, 0.1) is 19.1 Å². The summed E-state index contributed by atoms with van der Waals surface area (Å²) in [5.74, 6) is 0. The molecule has 1 aliphatic rings. The first kappa shape index (κ1) is 20.7. The highest BCUT2D eigenvalue weighted by Gasteiger charge is 2.56. The minimum Gasteiger partial charge on any atom is -0.383 e. The molecule has 12 nitrogen and oxygen atoms in total. The van der Waals surface area contributed by atoms with Gasteiger partial charge < -0.3 is 9.84 Å². The molecule has 148 valence electrons. The molecule has 2 rings (SSSR count). The van der Waals surface area contributed by atoms with Crippen LogP contribution in [0.15, 0.2) is 21.9 Å². The van der Waals surface area contributed by atoms with Gasteiger partial charge in [-0.2, -0.15) is 16.8 Å². The second kappa shape index (κ2) is 6.86. The van der Waals surface area contributed by atoms with Gasteiger partial charge in [-0.05, 0) is 6.92 Å². The summed E-state index contributed by atoms with van der Waals surface area (Å²) >= 11 is 0. The van der Waals surface area contributed by atoms with Gasteiger partial charge in [-0.25, -0.2) is 4.79 Å². The zero-order chi connectivity index (χ0) is 19.9. The normalized spacial score (nSPS) is 29.8. The van der Waals surface area contributed by atoms with E-state index in [-0.39, 0.29) is 0 Å². The maximum Gasteiger partial charge on any atom is 0.330 e. The molecule has 0 spiro atoms. The number of aliphatic hydroxyl groups is 1. The highest BCUT2D eigenvalue weighted by atomic mass is 32.2. The highest BCUT2D eigenvalue weighted by Crippen LogP contribution is 2.40. The van der Waals surface area contributed by atoms with Gasteiger partial charge in [0.2, 0.25) is 0 Å². The zero-order valence-electron chi connectivity index (χ0n) is 14.0. The molecule has 4 unspecified atom stereocenters. The molecule has 2 N–H and O–H groups in total. The number of hydrogen-bond acceptors (Lipinski definition) is 10. The average Bonchev–Trinajstić information content (AvgIpc) is 2.67. The van der Waals surface area contributed by atoms with Crippen molar-refractivity contribution in [3.8, 4) is 0 Å². The molecule has 0 saturated carbocycles. The standard InChI is InChI=1S/C12H18N2O10S2/c1-12(17)9(24-26(3,20)21)7(6-22-25(2,18)19)23-10(12)14-5-4-8(15)13-11(14)16/h4-5,7,9-10,17H,6H2,1-3H3,(H,13,15,16). The Balaban J connectivity index is 2.45. The summed E-state index contributed by atoms with van der Waals surface area (Å²) in [6.45, 7) is 0.481. The van der Waals surface area contributed by atoms with E-state index in [2.05, 4.69) is 4.18 Å². The van der Waals surface area contributed by atoms with Crippen molar-refractivity contribution in [1.29, 1.82) is 0 Å². The van der Waals surface area contributed by atoms with E-state index in [1.807, 2.05) is 4.98 Å². The van der Waals surface area contributed by atoms with Crippen LogP contribution in [0.5, 0.6) is 0 Å². The van der Waals surface area contributed by atoms with Crippen molar-refractivity contribution in [3.63, 3.8) is 0 Å². The lowest BCUT2D eigenvalue weighted by atomic mass is 9.96. The van der Waals surface area contributed by atoms with Gasteiger partial charge in [-0.1, -0.05) is 0 Å². The van der Waals surface area contributed by atoms with Gasteiger partial charge >= 0.3 is 5.69 Å². The van der Waals surface area contributed by atoms with Crippen LogP contribution in [-0.2, 0) is 33.3 Å². The molecule has 1 saturated heterocycles. The molecular weight excluding hydrogens is 396 g/mol. The maximum absolute atomic E-state index is 12.0. The van der Waals surface area contributed by atoms with Crippen LogP contribution >= 0.6 is 0 Å². The number of nitrogens with zero attached hydrogens (tertiary/aromatic N) is 1. The number of rotatable bonds is 6. The largest absolute Gasteiger partial charge is 0.383 e. The van der Waals surface area contributed by atoms with Crippen LogP contribution in [0.3, 0.4) is 0 Å². The Morgan fingerprint density at radius 1 is 1.27 bits per heavy atom. The van der Waals surface area contributed by atoms with E-state index in [9.17, 15) is 31.5 Å². The lowest BCUT2D eigenvalue weighted by Crippen LogP contribution is -2.49. The fourth-order valence-electron chi connectivity index (χ4n) is 2.52.